The molecule has 0 bridgehead atoms. The lowest BCUT2D eigenvalue weighted by Crippen LogP contribution is -2.47. The Labute approximate surface area is 120 Å². The summed E-state index contributed by atoms with van der Waals surface area (Å²) >= 11 is 5.99. The van der Waals surface area contributed by atoms with Gasteiger partial charge in [-0.05, 0) is 24.1 Å². The molecule has 1 aromatic carbocycles. The molecule has 1 heterocycles. The molecule has 1 atom stereocenters. The molecule has 1 fully saturated rings. The molecule has 1 aliphatic heterocycles. The van der Waals surface area contributed by atoms with E-state index in [4.69, 9.17) is 16.7 Å². The summed E-state index contributed by atoms with van der Waals surface area (Å²) in [6, 6.07) is 4.34. The predicted octanol–water partition coefficient (Wildman–Crippen LogP) is 1.18. The third kappa shape index (κ3) is 3.48. The van der Waals surface area contributed by atoms with Crippen molar-refractivity contribution in [3.8, 4) is 0 Å². The molecular weight excluding hydrogens is 284 g/mol. The molecule has 1 saturated heterocycles. The number of benzene rings is 1. The van der Waals surface area contributed by atoms with E-state index in [0.29, 0.717) is 22.7 Å². The van der Waals surface area contributed by atoms with Gasteiger partial charge in [0.05, 0.1) is 6.42 Å². The first-order valence-corrected chi connectivity index (χ1v) is 6.44. The Hall–Kier alpha value is -2.08. The van der Waals surface area contributed by atoms with Gasteiger partial charge < -0.3 is 10.4 Å². The molecule has 6 nitrogen and oxygen atoms in total. The summed E-state index contributed by atoms with van der Waals surface area (Å²) in [5.41, 5.74) is 1.12. The van der Waals surface area contributed by atoms with Crippen LogP contribution >= 0.6 is 11.6 Å². The number of carbonyl (C=O) groups is 3. The van der Waals surface area contributed by atoms with Crippen molar-refractivity contribution in [2.45, 2.75) is 25.3 Å². The van der Waals surface area contributed by atoms with Crippen molar-refractivity contribution < 1.29 is 19.5 Å². The highest BCUT2D eigenvalue weighted by Crippen LogP contribution is 2.23. The van der Waals surface area contributed by atoms with Gasteiger partial charge in [0.1, 0.15) is 6.04 Å². The smallest absolute Gasteiger partial charge is 0.307 e. The zero-order valence-electron chi connectivity index (χ0n) is 10.5. The summed E-state index contributed by atoms with van der Waals surface area (Å²) < 4.78 is 0. The fourth-order valence-corrected chi connectivity index (χ4v) is 2.22. The van der Waals surface area contributed by atoms with Gasteiger partial charge >= 0.3 is 5.97 Å². The van der Waals surface area contributed by atoms with Crippen molar-refractivity contribution in [3.05, 3.63) is 28.8 Å². The second-order valence-electron chi connectivity index (χ2n) is 4.52. The number of carboxylic acids is 1. The Balaban J connectivity index is 2.07. The van der Waals surface area contributed by atoms with E-state index in [9.17, 15) is 14.4 Å². The van der Waals surface area contributed by atoms with Gasteiger partial charge in [0, 0.05) is 17.1 Å². The summed E-state index contributed by atoms with van der Waals surface area (Å²) in [7, 11) is 0. The van der Waals surface area contributed by atoms with Gasteiger partial charge in [0.25, 0.3) is 0 Å². The summed E-state index contributed by atoms with van der Waals surface area (Å²) in [4.78, 5) is 33.3. The monoisotopic (exact) mass is 296 g/mol. The topological polar surface area (TPSA) is 95.5 Å². The van der Waals surface area contributed by atoms with Crippen molar-refractivity contribution in [2.24, 2.45) is 0 Å². The van der Waals surface area contributed by atoms with E-state index in [1.807, 2.05) is 0 Å². The number of rotatable bonds is 4. The number of imide groups is 1. The van der Waals surface area contributed by atoms with Crippen LogP contribution in [-0.4, -0.2) is 28.9 Å². The number of carboxylic acid groups (broad SMARTS) is 1. The van der Waals surface area contributed by atoms with Gasteiger partial charge in [-0.3, -0.25) is 19.7 Å². The summed E-state index contributed by atoms with van der Waals surface area (Å²) in [6.07, 6.45) is 0.547. The largest absolute Gasteiger partial charge is 0.481 e. The third-order valence-corrected chi connectivity index (χ3v) is 3.33. The van der Waals surface area contributed by atoms with Gasteiger partial charge in [-0.25, -0.2) is 0 Å². The zero-order valence-corrected chi connectivity index (χ0v) is 11.2. The van der Waals surface area contributed by atoms with Gasteiger partial charge in [0.2, 0.25) is 11.8 Å². The van der Waals surface area contributed by atoms with E-state index < -0.39 is 12.0 Å². The minimum absolute atomic E-state index is 0.155. The number of hydrogen-bond donors (Lipinski definition) is 3. The molecule has 3 N–H and O–H groups in total. The van der Waals surface area contributed by atoms with Crippen LogP contribution in [0.2, 0.25) is 5.02 Å². The van der Waals surface area contributed by atoms with E-state index in [2.05, 4.69) is 10.6 Å². The third-order valence-electron chi connectivity index (χ3n) is 2.97. The molecule has 0 saturated carbocycles. The number of amides is 2. The van der Waals surface area contributed by atoms with Crippen LogP contribution < -0.4 is 10.6 Å². The van der Waals surface area contributed by atoms with Crippen LogP contribution in [0.1, 0.15) is 18.4 Å². The molecule has 1 aliphatic rings. The van der Waals surface area contributed by atoms with Crippen LogP contribution in [0.4, 0.5) is 5.69 Å². The first-order valence-electron chi connectivity index (χ1n) is 6.06. The fourth-order valence-electron chi connectivity index (χ4n) is 1.98. The highest BCUT2D eigenvalue weighted by molar-refractivity contribution is 6.31. The summed E-state index contributed by atoms with van der Waals surface area (Å²) in [6.45, 7) is 0. The van der Waals surface area contributed by atoms with Crippen molar-refractivity contribution in [1.29, 1.82) is 0 Å². The lowest BCUT2D eigenvalue weighted by Gasteiger charge is -2.23. The Bertz CT molecular complexity index is 573. The molecule has 0 radical (unpaired) electrons. The van der Waals surface area contributed by atoms with Crippen molar-refractivity contribution in [3.63, 3.8) is 0 Å². The average molecular weight is 297 g/mol. The van der Waals surface area contributed by atoms with Gasteiger partial charge in [-0.15, -0.1) is 0 Å². The summed E-state index contributed by atoms with van der Waals surface area (Å²) in [5.74, 6) is -1.60. The molecule has 0 unspecified atom stereocenters. The number of piperidine rings is 1. The Kier molecular flexibility index (Phi) is 4.24. The first kappa shape index (κ1) is 14.3. The van der Waals surface area contributed by atoms with Crippen LogP contribution in [0.3, 0.4) is 0 Å². The van der Waals surface area contributed by atoms with Crippen LogP contribution in [0.5, 0.6) is 0 Å². The van der Waals surface area contributed by atoms with E-state index in [1.165, 1.54) is 0 Å². The quantitative estimate of drug-likeness (QED) is 0.725. The zero-order chi connectivity index (χ0) is 14.7. The maximum Gasteiger partial charge on any atom is 0.307 e. The molecular formula is C13H13ClN2O4. The molecule has 2 amide bonds. The summed E-state index contributed by atoms with van der Waals surface area (Å²) in [5, 5.41) is 14.3. The molecule has 0 aliphatic carbocycles. The van der Waals surface area contributed by atoms with Crippen molar-refractivity contribution >= 4 is 35.1 Å². The normalized spacial score (nSPS) is 18.6. The molecule has 7 heteroatoms. The number of hydrogen-bond acceptors (Lipinski definition) is 4. The Morgan fingerprint density at radius 1 is 1.45 bits per heavy atom. The van der Waals surface area contributed by atoms with Gasteiger partial charge in [0.15, 0.2) is 0 Å². The molecule has 2 rings (SSSR count). The SMILES string of the molecule is O=C(O)Cc1ccc(N[C@H]2CCC(=O)NC2=O)cc1Cl. The van der Waals surface area contributed by atoms with Crippen LogP contribution in [-0.2, 0) is 20.8 Å². The molecule has 1 aromatic rings. The molecule has 0 spiro atoms. The number of anilines is 1. The minimum Gasteiger partial charge on any atom is -0.481 e. The lowest BCUT2D eigenvalue weighted by atomic mass is 10.1. The predicted molar refractivity (Wildman–Crippen MR) is 72.6 cm³/mol. The van der Waals surface area contributed by atoms with Gasteiger partial charge in [-0.2, -0.15) is 0 Å². The van der Waals surface area contributed by atoms with E-state index >= 15 is 0 Å². The number of halogens is 1. The Morgan fingerprint density at radius 2 is 2.20 bits per heavy atom. The number of carbonyl (C=O) groups excluding carboxylic acids is 2. The second kappa shape index (κ2) is 5.92. The van der Waals surface area contributed by atoms with E-state index in [1.54, 1.807) is 18.2 Å². The molecule has 0 aromatic heterocycles. The molecule has 106 valence electrons. The van der Waals surface area contributed by atoms with Crippen LogP contribution in [0.15, 0.2) is 18.2 Å². The second-order valence-corrected chi connectivity index (χ2v) is 4.93. The maximum absolute atomic E-state index is 11.6. The van der Waals surface area contributed by atoms with Crippen LogP contribution in [0, 0.1) is 0 Å². The fraction of sp³-hybridized carbons (Fsp3) is 0.308. The first-order chi connectivity index (χ1) is 9.45. The van der Waals surface area contributed by atoms with E-state index in [0.717, 1.165) is 0 Å². The Morgan fingerprint density at radius 3 is 2.80 bits per heavy atom. The highest BCUT2D eigenvalue weighted by Gasteiger charge is 2.26. The van der Waals surface area contributed by atoms with Crippen LogP contribution in [0.25, 0.3) is 0 Å². The van der Waals surface area contributed by atoms with E-state index in [-0.39, 0.29) is 24.7 Å². The molecule has 20 heavy (non-hydrogen) atoms. The lowest BCUT2D eigenvalue weighted by molar-refractivity contribution is -0.136. The maximum atomic E-state index is 11.6. The number of nitrogens with one attached hydrogen (secondary N) is 2. The van der Waals surface area contributed by atoms with Gasteiger partial charge in [-0.1, -0.05) is 17.7 Å². The highest BCUT2D eigenvalue weighted by atomic mass is 35.5. The average Bonchev–Trinajstić information content (AvgIpc) is 2.36. The van der Waals surface area contributed by atoms with Crippen molar-refractivity contribution in [2.75, 3.05) is 5.32 Å². The minimum atomic E-state index is -0.960. The number of aliphatic carboxylic acids is 1. The van der Waals surface area contributed by atoms with Crippen molar-refractivity contribution in [1.82, 2.24) is 5.32 Å². The standard InChI is InChI=1S/C13H13ClN2O4/c14-9-6-8(2-1-7(9)5-12(18)19)15-10-3-4-11(17)16-13(10)20/h1-2,6,10,15H,3-5H2,(H,18,19)(H,16,17,20)/t10-/m0/s1.